The van der Waals surface area contributed by atoms with E-state index in [-0.39, 0.29) is 0 Å². The van der Waals surface area contributed by atoms with Crippen LogP contribution in [0.4, 0.5) is 0 Å². The molecule has 0 N–H and O–H groups in total. The van der Waals surface area contributed by atoms with Crippen molar-refractivity contribution in [2.24, 2.45) is 0 Å². The maximum atomic E-state index is 10.6. The highest BCUT2D eigenvalue weighted by molar-refractivity contribution is 9.11. The Bertz CT molecular complexity index is 310. The summed E-state index contributed by atoms with van der Waals surface area (Å²) in [5, 5.41) is 0. The Morgan fingerprint density at radius 2 is 2.08 bits per heavy atom. The van der Waals surface area contributed by atoms with Crippen LogP contribution >= 0.6 is 31.9 Å². The van der Waals surface area contributed by atoms with Crippen LogP contribution in [0.25, 0.3) is 0 Å². The number of ether oxygens (including phenoxy) is 1. The van der Waals surface area contributed by atoms with E-state index in [1.165, 1.54) is 0 Å². The molecule has 0 bridgehead atoms. The molecule has 4 heteroatoms. The van der Waals surface area contributed by atoms with Gasteiger partial charge in [-0.2, -0.15) is 0 Å². The Balaban J connectivity index is 3.33. The summed E-state index contributed by atoms with van der Waals surface area (Å²) >= 11 is 6.52. The van der Waals surface area contributed by atoms with Gasteiger partial charge in [0.05, 0.1) is 11.6 Å². The minimum absolute atomic E-state index is 0.564. The molecule has 0 aliphatic carbocycles. The van der Waals surface area contributed by atoms with Crippen molar-refractivity contribution in [2.45, 2.75) is 0 Å². The maximum absolute atomic E-state index is 10.6. The average molecular weight is 294 g/mol. The van der Waals surface area contributed by atoms with Crippen LogP contribution in [0, 0.1) is 0 Å². The molecule has 0 aliphatic heterocycles. The Labute approximate surface area is 87.2 Å². The molecule has 64 valence electrons. The Morgan fingerprint density at radius 1 is 1.42 bits per heavy atom. The third-order valence-electron chi connectivity index (χ3n) is 1.43. The molecule has 0 heterocycles. The van der Waals surface area contributed by atoms with E-state index in [9.17, 15) is 4.79 Å². The van der Waals surface area contributed by atoms with Crippen LogP contribution in [0.3, 0.4) is 0 Å². The fourth-order valence-electron chi connectivity index (χ4n) is 0.815. The number of hydrogen-bond acceptors (Lipinski definition) is 2. The van der Waals surface area contributed by atoms with Crippen molar-refractivity contribution in [1.82, 2.24) is 0 Å². The molecule has 0 fully saturated rings. The van der Waals surface area contributed by atoms with Crippen molar-refractivity contribution in [3.63, 3.8) is 0 Å². The number of carbonyl (C=O) groups is 1. The van der Waals surface area contributed by atoms with E-state index in [0.717, 1.165) is 10.8 Å². The molecular formula is C8H6Br2O2. The van der Waals surface area contributed by atoms with E-state index < -0.39 is 0 Å². The molecule has 0 radical (unpaired) electrons. The molecule has 12 heavy (non-hydrogen) atoms. The standard InChI is InChI=1S/C8H6Br2O2/c1-12-7-3-2-6(9)5(4-11)8(7)10/h2-4H,1H3. The van der Waals surface area contributed by atoms with E-state index in [1.54, 1.807) is 19.2 Å². The lowest BCUT2D eigenvalue weighted by Crippen LogP contribution is -1.90. The zero-order valence-electron chi connectivity index (χ0n) is 6.30. The van der Waals surface area contributed by atoms with Crippen LogP contribution in [0.1, 0.15) is 10.4 Å². The summed E-state index contributed by atoms with van der Waals surface area (Å²) in [6, 6.07) is 3.55. The van der Waals surface area contributed by atoms with Gasteiger partial charge in [-0.1, -0.05) is 15.9 Å². The van der Waals surface area contributed by atoms with Crippen LogP contribution in [-0.2, 0) is 0 Å². The van der Waals surface area contributed by atoms with Crippen molar-refractivity contribution in [3.05, 3.63) is 26.6 Å². The lowest BCUT2D eigenvalue weighted by Gasteiger charge is -2.05. The van der Waals surface area contributed by atoms with Gasteiger partial charge in [-0.05, 0) is 28.1 Å². The van der Waals surface area contributed by atoms with E-state index in [0.29, 0.717) is 15.8 Å². The van der Waals surface area contributed by atoms with Gasteiger partial charge in [0.1, 0.15) is 5.75 Å². The first kappa shape index (κ1) is 9.74. The first-order valence-electron chi connectivity index (χ1n) is 3.18. The highest BCUT2D eigenvalue weighted by Crippen LogP contribution is 2.32. The zero-order valence-corrected chi connectivity index (χ0v) is 9.48. The van der Waals surface area contributed by atoms with Gasteiger partial charge in [-0.25, -0.2) is 0 Å². The molecule has 0 saturated carbocycles. The SMILES string of the molecule is COc1ccc(Br)c(C=O)c1Br. The minimum Gasteiger partial charge on any atom is -0.496 e. The van der Waals surface area contributed by atoms with E-state index in [2.05, 4.69) is 31.9 Å². The van der Waals surface area contributed by atoms with Crippen molar-refractivity contribution in [2.75, 3.05) is 7.11 Å². The molecule has 0 aliphatic rings. The summed E-state index contributed by atoms with van der Waals surface area (Å²) in [5.41, 5.74) is 0.564. The highest BCUT2D eigenvalue weighted by atomic mass is 79.9. The average Bonchev–Trinajstić information content (AvgIpc) is 2.06. The molecule has 1 aromatic rings. The van der Waals surface area contributed by atoms with E-state index in [1.807, 2.05) is 0 Å². The molecule has 1 aromatic carbocycles. The molecule has 0 atom stereocenters. The van der Waals surface area contributed by atoms with E-state index in [4.69, 9.17) is 4.74 Å². The van der Waals surface area contributed by atoms with Gasteiger partial charge >= 0.3 is 0 Å². The Hall–Kier alpha value is -0.350. The summed E-state index contributed by atoms with van der Waals surface area (Å²) in [6.07, 6.45) is 0.774. The highest BCUT2D eigenvalue weighted by Gasteiger charge is 2.08. The largest absolute Gasteiger partial charge is 0.496 e. The predicted molar refractivity (Wildman–Crippen MR) is 53.8 cm³/mol. The van der Waals surface area contributed by atoms with Gasteiger partial charge in [-0.3, -0.25) is 4.79 Å². The first-order chi connectivity index (χ1) is 5.70. The summed E-state index contributed by atoms with van der Waals surface area (Å²) in [7, 11) is 1.56. The van der Waals surface area contributed by atoms with Gasteiger partial charge < -0.3 is 4.74 Å². The zero-order chi connectivity index (χ0) is 9.14. The number of rotatable bonds is 2. The van der Waals surface area contributed by atoms with Gasteiger partial charge in [0.2, 0.25) is 0 Å². The second kappa shape index (κ2) is 4.05. The normalized spacial score (nSPS) is 9.58. The quantitative estimate of drug-likeness (QED) is 0.784. The van der Waals surface area contributed by atoms with Crippen molar-refractivity contribution in [3.8, 4) is 5.75 Å². The number of methoxy groups -OCH3 is 1. The van der Waals surface area contributed by atoms with Crippen LogP contribution in [0.2, 0.25) is 0 Å². The third kappa shape index (κ3) is 1.69. The lowest BCUT2D eigenvalue weighted by atomic mass is 10.2. The second-order valence-corrected chi connectivity index (χ2v) is 3.74. The molecular weight excluding hydrogens is 288 g/mol. The van der Waals surface area contributed by atoms with Crippen LogP contribution in [0.5, 0.6) is 5.75 Å². The molecule has 0 saturated heterocycles. The van der Waals surface area contributed by atoms with Gasteiger partial charge in [-0.15, -0.1) is 0 Å². The smallest absolute Gasteiger partial charge is 0.152 e. The fraction of sp³-hybridized carbons (Fsp3) is 0.125. The monoisotopic (exact) mass is 292 g/mol. The summed E-state index contributed by atoms with van der Waals surface area (Å²) in [4.78, 5) is 10.6. The molecule has 1 rings (SSSR count). The topological polar surface area (TPSA) is 26.3 Å². The third-order valence-corrected chi connectivity index (χ3v) is 2.94. The van der Waals surface area contributed by atoms with Crippen molar-refractivity contribution >= 4 is 38.1 Å². The maximum Gasteiger partial charge on any atom is 0.152 e. The van der Waals surface area contributed by atoms with Gasteiger partial charge in [0, 0.05) is 10.0 Å². The molecule has 2 nitrogen and oxygen atoms in total. The second-order valence-electron chi connectivity index (χ2n) is 2.10. The molecule has 0 spiro atoms. The van der Waals surface area contributed by atoms with Crippen molar-refractivity contribution in [1.29, 1.82) is 0 Å². The number of carbonyl (C=O) groups excluding carboxylic acids is 1. The van der Waals surface area contributed by atoms with Crippen molar-refractivity contribution < 1.29 is 9.53 Å². The van der Waals surface area contributed by atoms with Crippen LogP contribution in [-0.4, -0.2) is 13.4 Å². The van der Waals surface area contributed by atoms with Crippen LogP contribution < -0.4 is 4.74 Å². The van der Waals surface area contributed by atoms with Gasteiger partial charge in [0.25, 0.3) is 0 Å². The number of aldehydes is 1. The fourth-order valence-corrected chi connectivity index (χ4v) is 2.11. The minimum atomic E-state index is 0.564. The number of benzene rings is 1. The predicted octanol–water partition coefficient (Wildman–Crippen LogP) is 3.03. The van der Waals surface area contributed by atoms with E-state index >= 15 is 0 Å². The number of hydrogen-bond donors (Lipinski definition) is 0. The van der Waals surface area contributed by atoms with Gasteiger partial charge in [0.15, 0.2) is 6.29 Å². The summed E-state index contributed by atoms with van der Waals surface area (Å²) in [6.45, 7) is 0. The Morgan fingerprint density at radius 3 is 2.58 bits per heavy atom. The molecule has 0 unspecified atom stereocenters. The lowest BCUT2D eigenvalue weighted by molar-refractivity contribution is 0.112. The first-order valence-corrected chi connectivity index (χ1v) is 4.76. The summed E-state index contributed by atoms with van der Waals surface area (Å²) < 4.78 is 6.45. The summed E-state index contributed by atoms with van der Waals surface area (Å²) in [5.74, 6) is 0.653. The van der Waals surface area contributed by atoms with Crippen LogP contribution in [0.15, 0.2) is 21.1 Å². The Kier molecular flexibility index (Phi) is 3.29. The number of halogens is 2. The molecule has 0 amide bonds. The molecule has 0 aromatic heterocycles.